The standard InChI is InChI=1S/C30H31N5O6/c1-35(2)24-23(38)20(27(32)41)25(39)29(14-31)26(40)21-22(37)19-17(12-28(21,33)13-30(24,29)34)16(10-11-18(19)36)9-8-15-6-4-3-5-7-15/h3-7,10-11,20-21,24,36H,8-9,12-13,33-34H2,1-2H3,(H2,32,41)/t20?,21?,24-,28-,29+,30-/m1/s1. The third-order valence-corrected chi connectivity index (χ3v) is 9.10. The number of primary amides is 1. The summed E-state index contributed by atoms with van der Waals surface area (Å²) in [6, 6.07) is 13.0. The molecule has 2 saturated carbocycles. The van der Waals surface area contributed by atoms with Gasteiger partial charge >= 0.3 is 0 Å². The van der Waals surface area contributed by atoms with Crippen molar-refractivity contribution in [2.45, 2.75) is 42.8 Å². The zero-order valence-corrected chi connectivity index (χ0v) is 22.7. The number of benzene rings is 2. The fourth-order valence-electron chi connectivity index (χ4n) is 7.43. The SMILES string of the molecule is CN(C)[C@@H]1C(=O)C(C(N)=O)C(=O)[C@@]2(C#N)C(=O)C3C(=O)c4c(O)ccc(CCc5ccccc5)c4C[C@@]3(N)C[C@@]12N. The molecule has 212 valence electrons. The Morgan fingerprint density at radius 1 is 1.05 bits per heavy atom. The molecule has 0 aromatic heterocycles. The Morgan fingerprint density at radius 2 is 1.71 bits per heavy atom. The van der Waals surface area contributed by atoms with E-state index in [1.807, 2.05) is 30.3 Å². The van der Waals surface area contributed by atoms with Gasteiger partial charge in [-0.15, -0.1) is 0 Å². The van der Waals surface area contributed by atoms with Crippen molar-refractivity contribution in [3.05, 3.63) is 64.7 Å². The summed E-state index contributed by atoms with van der Waals surface area (Å²) in [5.74, 6) is -9.80. The maximum Gasteiger partial charge on any atom is 0.235 e. The van der Waals surface area contributed by atoms with Gasteiger partial charge in [-0.05, 0) is 62.5 Å². The predicted molar refractivity (Wildman–Crippen MR) is 145 cm³/mol. The zero-order chi connectivity index (χ0) is 30.1. The number of carbonyl (C=O) groups is 5. The number of hydrogen-bond acceptors (Lipinski definition) is 10. The van der Waals surface area contributed by atoms with Gasteiger partial charge in [0.2, 0.25) is 5.91 Å². The van der Waals surface area contributed by atoms with Crippen molar-refractivity contribution in [1.82, 2.24) is 4.90 Å². The fourth-order valence-corrected chi connectivity index (χ4v) is 7.43. The van der Waals surface area contributed by atoms with Gasteiger partial charge in [-0.25, -0.2) is 0 Å². The van der Waals surface area contributed by atoms with E-state index < -0.39 is 69.8 Å². The second-order valence-electron chi connectivity index (χ2n) is 11.7. The molecule has 0 saturated heterocycles. The van der Waals surface area contributed by atoms with E-state index in [9.17, 15) is 34.3 Å². The minimum Gasteiger partial charge on any atom is -0.507 e. The van der Waals surface area contributed by atoms with Gasteiger partial charge in [-0.1, -0.05) is 36.4 Å². The predicted octanol–water partition coefficient (Wildman–Crippen LogP) is -0.406. The van der Waals surface area contributed by atoms with Crippen LogP contribution in [0.4, 0.5) is 0 Å². The van der Waals surface area contributed by atoms with Gasteiger partial charge in [0.25, 0.3) is 0 Å². The minimum absolute atomic E-state index is 0.0781. The van der Waals surface area contributed by atoms with Crippen molar-refractivity contribution >= 4 is 29.0 Å². The van der Waals surface area contributed by atoms with Crippen LogP contribution in [-0.2, 0) is 38.4 Å². The fraction of sp³-hybridized carbons (Fsp3) is 0.400. The summed E-state index contributed by atoms with van der Waals surface area (Å²) >= 11 is 0. The highest BCUT2D eigenvalue weighted by Crippen LogP contribution is 2.56. The first-order valence-corrected chi connectivity index (χ1v) is 13.2. The monoisotopic (exact) mass is 557 g/mol. The first-order valence-electron chi connectivity index (χ1n) is 13.2. The zero-order valence-electron chi connectivity index (χ0n) is 22.7. The third kappa shape index (κ3) is 3.71. The van der Waals surface area contributed by atoms with Crippen molar-refractivity contribution < 1.29 is 29.1 Å². The van der Waals surface area contributed by atoms with Gasteiger partial charge in [0.05, 0.1) is 23.2 Å². The van der Waals surface area contributed by atoms with Crippen molar-refractivity contribution in [2.24, 2.45) is 34.5 Å². The van der Waals surface area contributed by atoms with Crippen LogP contribution in [0.15, 0.2) is 42.5 Å². The van der Waals surface area contributed by atoms with Crippen LogP contribution >= 0.6 is 0 Å². The second kappa shape index (κ2) is 9.41. The number of carbonyl (C=O) groups excluding carboxylic acids is 5. The van der Waals surface area contributed by atoms with E-state index in [2.05, 4.69) is 0 Å². The van der Waals surface area contributed by atoms with Gasteiger partial charge in [-0.3, -0.25) is 28.9 Å². The number of amides is 1. The molecule has 0 radical (unpaired) electrons. The van der Waals surface area contributed by atoms with Crippen LogP contribution in [0.5, 0.6) is 5.75 Å². The van der Waals surface area contributed by atoms with Gasteiger partial charge in [0.1, 0.15) is 11.7 Å². The van der Waals surface area contributed by atoms with Crippen LogP contribution in [-0.4, -0.2) is 70.3 Å². The topological polar surface area (TPSA) is 211 Å². The molecule has 0 bridgehead atoms. The summed E-state index contributed by atoms with van der Waals surface area (Å²) in [6.45, 7) is 0. The molecule has 6 atom stereocenters. The van der Waals surface area contributed by atoms with Crippen LogP contribution < -0.4 is 17.2 Å². The Kier molecular flexibility index (Phi) is 6.49. The van der Waals surface area contributed by atoms with Crippen LogP contribution in [0.2, 0.25) is 0 Å². The lowest BCUT2D eigenvalue weighted by molar-refractivity contribution is -0.166. The molecule has 0 heterocycles. The normalized spacial score (nSPS) is 32.6. The van der Waals surface area contributed by atoms with Crippen molar-refractivity contribution in [2.75, 3.05) is 14.1 Å². The number of nitriles is 1. The molecular formula is C30H31N5O6. The number of hydrogen-bond donors (Lipinski definition) is 4. The number of aromatic hydroxyl groups is 1. The third-order valence-electron chi connectivity index (χ3n) is 9.10. The molecule has 5 rings (SSSR count). The van der Waals surface area contributed by atoms with E-state index in [0.29, 0.717) is 18.4 Å². The molecule has 7 N–H and O–H groups in total. The Hall–Kier alpha value is -4.24. The molecule has 2 fully saturated rings. The molecule has 2 aromatic carbocycles. The molecule has 3 aliphatic carbocycles. The lowest BCUT2D eigenvalue weighted by atomic mass is 9.42. The Labute approximate surface area is 236 Å². The highest BCUT2D eigenvalue weighted by atomic mass is 16.3. The van der Waals surface area contributed by atoms with E-state index in [0.717, 1.165) is 11.1 Å². The van der Waals surface area contributed by atoms with Crippen molar-refractivity contribution in [1.29, 1.82) is 5.26 Å². The van der Waals surface area contributed by atoms with E-state index in [-0.39, 0.29) is 17.7 Å². The van der Waals surface area contributed by atoms with E-state index in [4.69, 9.17) is 17.2 Å². The summed E-state index contributed by atoms with van der Waals surface area (Å²) in [4.78, 5) is 69.3. The summed E-state index contributed by atoms with van der Waals surface area (Å²) in [5, 5.41) is 21.2. The number of ketones is 4. The number of aryl methyl sites for hydroxylation is 2. The molecule has 2 unspecified atom stereocenters. The molecule has 41 heavy (non-hydrogen) atoms. The molecule has 0 aliphatic heterocycles. The molecule has 1 amide bonds. The lowest BCUT2D eigenvalue weighted by Crippen LogP contribution is -2.85. The smallest absolute Gasteiger partial charge is 0.235 e. The number of rotatable bonds is 5. The first kappa shape index (κ1) is 28.3. The molecule has 11 heteroatoms. The van der Waals surface area contributed by atoms with Gasteiger partial charge < -0.3 is 22.3 Å². The number of fused-ring (bicyclic) bond motifs is 3. The lowest BCUT2D eigenvalue weighted by Gasteiger charge is -2.60. The van der Waals surface area contributed by atoms with Crippen molar-refractivity contribution in [3.63, 3.8) is 0 Å². The molecule has 2 aromatic rings. The van der Waals surface area contributed by atoms with Crippen LogP contribution in [0.3, 0.4) is 0 Å². The number of nitrogens with two attached hydrogens (primary N) is 3. The summed E-state index contributed by atoms with van der Waals surface area (Å²) in [6.07, 6.45) is 0.618. The molecule has 0 spiro atoms. The van der Waals surface area contributed by atoms with E-state index in [1.165, 1.54) is 25.1 Å². The number of phenolic OH excluding ortho intramolecular Hbond substituents is 1. The van der Waals surface area contributed by atoms with Crippen LogP contribution in [0.1, 0.15) is 33.5 Å². The average molecular weight is 558 g/mol. The first-order chi connectivity index (χ1) is 19.2. The minimum atomic E-state index is -2.75. The molecule has 3 aliphatic rings. The maximum atomic E-state index is 14.4. The number of nitrogens with zero attached hydrogens (tertiary/aromatic N) is 2. The Morgan fingerprint density at radius 3 is 2.29 bits per heavy atom. The number of likely N-dealkylation sites (N-methyl/N-ethyl adjacent to an activating group) is 1. The summed E-state index contributed by atoms with van der Waals surface area (Å²) in [7, 11) is 2.93. The van der Waals surface area contributed by atoms with Crippen molar-refractivity contribution in [3.8, 4) is 11.8 Å². The Balaban J connectivity index is 1.68. The van der Waals surface area contributed by atoms with E-state index in [1.54, 1.807) is 12.1 Å². The molecular weight excluding hydrogens is 526 g/mol. The Bertz CT molecular complexity index is 1560. The summed E-state index contributed by atoms with van der Waals surface area (Å²) < 4.78 is 0. The maximum absolute atomic E-state index is 14.4. The van der Waals surface area contributed by atoms with Gasteiger partial charge in [0.15, 0.2) is 34.5 Å². The number of Topliss-reactive ketones (excluding diaryl/α,β-unsaturated/α-hetero) is 4. The number of phenols is 1. The molecule has 11 nitrogen and oxygen atoms in total. The van der Waals surface area contributed by atoms with Gasteiger partial charge in [-0.2, -0.15) is 5.26 Å². The highest BCUT2D eigenvalue weighted by molar-refractivity contribution is 6.33. The quantitative estimate of drug-likeness (QED) is 0.349. The van der Waals surface area contributed by atoms with Crippen LogP contribution in [0.25, 0.3) is 0 Å². The summed E-state index contributed by atoms with van der Waals surface area (Å²) in [5.41, 5.74) is 14.7. The van der Waals surface area contributed by atoms with Crippen LogP contribution in [0, 0.1) is 28.6 Å². The second-order valence-corrected chi connectivity index (χ2v) is 11.7. The average Bonchev–Trinajstić information content (AvgIpc) is 2.87. The van der Waals surface area contributed by atoms with Gasteiger partial charge in [0, 0.05) is 5.54 Å². The van der Waals surface area contributed by atoms with E-state index >= 15 is 0 Å². The highest BCUT2D eigenvalue weighted by Gasteiger charge is 2.78. The largest absolute Gasteiger partial charge is 0.507 e.